The molecule has 1 aliphatic heterocycles. The maximum absolute atomic E-state index is 12.5. The Labute approximate surface area is 153 Å². The predicted molar refractivity (Wildman–Crippen MR) is 99.9 cm³/mol. The topological polar surface area (TPSA) is 78.4 Å². The zero-order chi connectivity index (χ0) is 18.6. The van der Waals surface area contributed by atoms with Crippen molar-refractivity contribution >= 4 is 28.4 Å². The molecular weight excluding hydrogens is 338 g/mol. The third-order valence-electron chi connectivity index (χ3n) is 4.47. The highest BCUT2D eigenvalue weighted by molar-refractivity contribution is 7.15. The molecule has 1 aliphatic rings. The smallest absolute Gasteiger partial charge is 0.319 e. The fourth-order valence-corrected chi connectivity index (χ4v) is 3.62. The van der Waals surface area contributed by atoms with E-state index in [1.807, 2.05) is 23.6 Å². The molecule has 140 valence electrons. The highest BCUT2D eigenvalue weighted by Gasteiger charge is 2.29. The third kappa shape index (κ3) is 4.90. The van der Waals surface area contributed by atoms with Crippen LogP contribution in [0.2, 0.25) is 0 Å². The Morgan fingerprint density at radius 2 is 1.80 bits per heavy atom. The lowest BCUT2D eigenvalue weighted by molar-refractivity contribution is -0.121. The van der Waals surface area contributed by atoms with Gasteiger partial charge in [0.25, 0.3) is 0 Å². The highest BCUT2D eigenvalue weighted by atomic mass is 32.1. The molecular formula is C17H29N5O2S. The second kappa shape index (κ2) is 8.12. The van der Waals surface area contributed by atoms with Gasteiger partial charge in [-0.3, -0.25) is 4.79 Å². The first-order valence-corrected chi connectivity index (χ1v) is 9.76. The number of hydrogen-bond donors (Lipinski definition) is 1. The minimum atomic E-state index is -0.0808. The molecule has 1 aromatic heterocycles. The van der Waals surface area contributed by atoms with Gasteiger partial charge in [-0.1, -0.05) is 32.1 Å². The Morgan fingerprint density at radius 1 is 1.20 bits per heavy atom. The Bertz CT molecular complexity index is 598. The van der Waals surface area contributed by atoms with E-state index in [9.17, 15) is 9.59 Å². The molecule has 3 amide bonds. The van der Waals surface area contributed by atoms with Crippen LogP contribution < -0.4 is 5.32 Å². The summed E-state index contributed by atoms with van der Waals surface area (Å²) in [4.78, 5) is 28.5. The Kier molecular flexibility index (Phi) is 6.37. The quantitative estimate of drug-likeness (QED) is 0.887. The van der Waals surface area contributed by atoms with Crippen LogP contribution in [-0.4, -0.2) is 58.1 Å². The maximum atomic E-state index is 12.5. The monoisotopic (exact) mass is 367 g/mol. The third-order valence-corrected chi connectivity index (χ3v) is 5.73. The number of nitrogens with zero attached hydrogens (tertiary/aromatic N) is 4. The maximum Gasteiger partial charge on any atom is 0.319 e. The van der Waals surface area contributed by atoms with Gasteiger partial charge in [-0.25, -0.2) is 4.79 Å². The molecule has 0 aromatic carbocycles. The highest BCUT2D eigenvalue weighted by Crippen LogP contribution is 2.28. The number of likely N-dealkylation sites (tertiary alicyclic amines) is 1. The van der Waals surface area contributed by atoms with E-state index in [0.29, 0.717) is 44.2 Å². The number of nitrogens with one attached hydrogen (secondary N) is 1. The van der Waals surface area contributed by atoms with Crippen molar-refractivity contribution in [3.05, 3.63) is 5.01 Å². The van der Waals surface area contributed by atoms with Crippen LogP contribution in [0.1, 0.15) is 52.5 Å². The van der Waals surface area contributed by atoms with E-state index < -0.39 is 0 Å². The lowest BCUT2D eigenvalue weighted by atomic mass is 9.96. The van der Waals surface area contributed by atoms with Gasteiger partial charge < -0.3 is 15.1 Å². The fourth-order valence-electron chi connectivity index (χ4n) is 2.81. The van der Waals surface area contributed by atoms with E-state index in [1.165, 1.54) is 11.3 Å². The van der Waals surface area contributed by atoms with Crippen LogP contribution in [0.25, 0.3) is 0 Å². The standard InChI is InChI=1S/C17H29N5O2S/c1-6-21(7-2)16(24)22-10-8-12(9-11-22)13(23)18-15-20-19-14(25-15)17(3,4)5/h12H,6-11H2,1-5H3,(H,18,20,23). The van der Waals surface area contributed by atoms with Crippen molar-refractivity contribution in [1.29, 1.82) is 0 Å². The van der Waals surface area contributed by atoms with E-state index >= 15 is 0 Å². The second-order valence-electron chi connectivity index (χ2n) is 7.37. The number of rotatable bonds is 4. The van der Waals surface area contributed by atoms with Crippen LogP contribution in [0.4, 0.5) is 9.93 Å². The summed E-state index contributed by atoms with van der Waals surface area (Å²) in [6.07, 6.45) is 1.37. The minimum absolute atomic E-state index is 0.0217. The van der Waals surface area contributed by atoms with Crippen molar-refractivity contribution in [2.24, 2.45) is 5.92 Å². The molecule has 7 nitrogen and oxygen atoms in total. The van der Waals surface area contributed by atoms with Crippen molar-refractivity contribution in [3.8, 4) is 0 Å². The molecule has 2 rings (SSSR count). The SMILES string of the molecule is CCN(CC)C(=O)N1CCC(C(=O)Nc2nnc(C(C)(C)C)s2)CC1. The van der Waals surface area contributed by atoms with Gasteiger partial charge >= 0.3 is 6.03 Å². The lowest BCUT2D eigenvalue weighted by Gasteiger charge is -2.34. The number of amides is 3. The average molecular weight is 368 g/mol. The molecule has 0 spiro atoms. The molecule has 8 heteroatoms. The Balaban J connectivity index is 1.87. The number of carbonyl (C=O) groups is 2. The summed E-state index contributed by atoms with van der Waals surface area (Å²) < 4.78 is 0. The minimum Gasteiger partial charge on any atom is -0.325 e. The number of hydrogen-bond acceptors (Lipinski definition) is 5. The average Bonchev–Trinajstić information content (AvgIpc) is 3.05. The van der Waals surface area contributed by atoms with E-state index in [0.717, 1.165) is 5.01 Å². The van der Waals surface area contributed by atoms with Crippen molar-refractivity contribution in [2.75, 3.05) is 31.5 Å². The van der Waals surface area contributed by atoms with Gasteiger partial charge in [0.05, 0.1) is 0 Å². The summed E-state index contributed by atoms with van der Waals surface area (Å²) in [5.41, 5.74) is -0.0726. The van der Waals surface area contributed by atoms with Crippen LogP contribution >= 0.6 is 11.3 Å². The number of aromatic nitrogens is 2. The van der Waals surface area contributed by atoms with Crippen LogP contribution in [0.5, 0.6) is 0 Å². The molecule has 0 saturated carbocycles. The largest absolute Gasteiger partial charge is 0.325 e. The molecule has 0 unspecified atom stereocenters. The van der Waals surface area contributed by atoms with E-state index in [2.05, 4.69) is 36.3 Å². The summed E-state index contributed by atoms with van der Waals surface area (Å²) in [7, 11) is 0. The zero-order valence-electron chi connectivity index (χ0n) is 15.8. The lowest BCUT2D eigenvalue weighted by Crippen LogP contribution is -2.47. The molecule has 25 heavy (non-hydrogen) atoms. The Hall–Kier alpha value is -1.70. The molecule has 1 fully saturated rings. The van der Waals surface area contributed by atoms with Gasteiger partial charge in [0.15, 0.2) is 0 Å². The summed E-state index contributed by atoms with van der Waals surface area (Å²) in [5.74, 6) is -0.103. The summed E-state index contributed by atoms with van der Waals surface area (Å²) in [5, 5.41) is 12.6. The Morgan fingerprint density at radius 3 is 2.28 bits per heavy atom. The number of urea groups is 1. The first-order chi connectivity index (χ1) is 11.8. The van der Waals surface area contributed by atoms with Crippen LogP contribution in [0, 0.1) is 5.92 Å². The fraction of sp³-hybridized carbons (Fsp3) is 0.765. The molecule has 0 radical (unpaired) electrons. The van der Waals surface area contributed by atoms with E-state index in [-0.39, 0.29) is 23.3 Å². The van der Waals surface area contributed by atoms with Crippen molar-refractivity contribution < 1.29 is 9.59 Å². The van der Waals surface area contributed by atoms with E-state index in [1.54, 1.807) is 0 Å². The van der Waals surface area contributed by atoms with Gasteiger partial charge in [-0.05, 0) is 26.7 Å². The van der Waals surface area contributed by atoms with Crippen LogP contribution in [0.3, 0.4) is 0 Å². The molecule has 0 aliphatic carbocycles. The summed E-state index contributed by atoms with van der Waals surface area (Å²) >= 11 is 1.42. The van der Waals surface area contributed by atoms with Crippen LogP contribution in [0.15, 0.2) is 0 Å². The molecule has 1 saturated heterocycles. The molecule has 0 bridgehead atoms. The van der Waals surface area contributed by atoms with Gasteiger partial charge in [0.2, 0.25) is 11.0 Å². The van der Waals surface area contributed by atoms with Gasteiger partial charge in [0.1, 0.15) is 5.01 Å². The van der Waals surface area contributed by atoms with Crippen molar-refractivity contribution in [2.45, 2.75) is 52.9 Å². The first-order valence-electron chi connectivity index (χ1n) is 8.95. The van der Waals surface area contributed by atoms with E-state index in [4.69, 9.17) is 0 Å². The van der Waals surface area contributed by atoms with Gasteiger partial charge in [-0.2, -0.15) is 0 Å². The number of carbonyl (C=O) groups excluding carboxylic acids is 2. The normalized spacial score (nSPS) is 16.0. The van der Waals surface area contributed by atoms with Crippen molar-refractivity contribution in [3.63, 3.8) is 0 Å². The molecule has 1 aromatic rings. The van der Waals surface area contributed by atoms with Gasteiger partial charge in [0, 0.05) is 37.5 Å². The summed E-state index contributed by atoms with van der Waals surface area (Å²) in [6, 6.07) is 0.0720. The number of anilines is 1. The van der Waals surface area contributed by atoms with Gasteiger partial charge in [-0.15, -0.1) is 10.2 Å². The predicted octanol–water partition coefficient (Wildman–Crippen LogP) is 2.95. The first kappa shape index (κ1) is 19.6. The van der Waals surface area contributed by atoms with Crippen LogP contribution in [-0.2, 0) is 10.2 Å². The number of piperidine rings is 1. The molecule has 2 heterocycles. The molecule has 0 atom stereocenters. The van der Waals surface area contributed by atoms with Crippen molar-refractivity contribution in [1.82, 2.24) is 20.0 Å². The second-order valence-corrected chi connectivity index (χ2v) is 8.35. The summed E-state index contributed by atoms with van der Waals surface area (Å²) in [6.45, 7) is 12.8. The molecule has 1 N–H and O–H groups in total. The zero-order valence-corrected chi connectivity index (χ0v) is 16.7.